The molecule has 2 aromatic heterocycles. The van der Waals surface area contributed by atoms with E-state index in [-0.39, 0.29) is 5.91 Å². The molecule has 0 fully saturated rings. The maximum atomic E-state index is 11.9. The van der Waals surface area contributed by atoms with Gasteiger partial charge in [0.05, 0.1) is 5.56 Å². The molecule has 20 heavy (non-hydrogen) atoms. The summed E-state index contributed by atoms with van der Waals surface area (Å²) in [5, 5.41) is 5.95. The normalized spacial score (nSPS) is 10.3. The summed E-state index contributed by atoms with van der Waals surface area (Å²) in [6.07, 6.45) is 5.92. The summed E-state index contributed by atoms with van der Waals surface area (Å²) in [5.41, 5.74) is 0.562. The molecule has 0 atom stereocenters. The van der Waals surface area contributed by atoms with Crippen LogP contribution in [0.2, 0.25) is 0 Å². The van der Waals surface area contributed by atoms with Crippen LogP contribution < -0.4 is 10.6 Å². The molecule has 0 spiro atoms. The summed E-state index contributed by atoms with van der Waals surface area (Å²) in [5.74, 6) is 1.61. The van der Waals surface area contributed by atoms with E-state index in [1.54, 1.807) is 24.5 Å². The molecule has 106 valence electrons. The van der Waals surface area contributed by atoms with Gasteiger partial charge < -0.3 is 15.2 Å². The van der Waals surface area contributed by atoms with E-state index in [4.69, 9.17) is 0 Å². The summed E-state index contributed by atoms with van der Waals surface area (Å²) in [6, 6.07) is 3.57. The molecule has 0 aliphatic rings. The molecule has 0 saturated heterocycles. The third kappa shape index (κ3) is 3.57. The van der Waals surface area contributed by atoms with Crippen LogP contribution in [0.4, 0.5) is 5.82 Å². The van der Waals surface area contributed by atoms with Crippen LogP contribution in [0.5, 0.6) is 0 Å². The van der Waals surface area contributed by atoms with Gasteiger partial charge in [-0.05, 0) is 19.1 Å². The Morgan fingerprint density at radius 1 is 1.35 bits per heavy atom. The number of rotatable bonds is 6. The van der Waals surface area contributed by atoms with Crippen molar-refractivity contribution in [1.29, 1.82) is 0 Å². The summed E-state index contributed by atoms with van der Waals surface area (Å²) >= 11 is 0. The number of carbonyl (C=O) groups is 1. The minimum atomic E-state index is -0.116. The fraction of sp³-hybridized carbons (Fsp3) is 0.357. The molecule has 0 saturated carbocycles. The van der Waals surface area contributed by atoms with Crippen molar-refractivity contribution in [2.45, 2.75) is 13.3 Å². The van der Waals surface area contributed by atoms with Gasteiger partial charge in [-0.3, -0.25) is 4.79 Å². The number of aromatic nitrogens is 3. The lowest BCUT2D eigenvalue weighted by molar-refractivity contribution is 0.0953. The Labute approximate surface area is 118 Å². The first-order valence-corrected chi connectivity index (χ1v) is 6.65. The maximum absolute atomic E-state index is 11.9. The van der Waals surface area contributed by atoms with Crippen molar-refractivity contribution in [2.24, 2.45) is 7.05 Å². The molecule has 2 rings (SSSR count). The zero-order valence-electron chi connectivity index (χ0n) is 11.8. The predicted octanol–water partition coefficient (Wildman–Crippen LogP) is 1.22. The van der Waals surface area contributed by atoms with E-state index >= 15 is 0 Å². The van der Waals surface area contributed by atoms with E-state index < -0.39 is 0 Å². The van der Waals surface area contributed by atoms with Crippen molar-refractivity contribution in [2.75, 3.05) is 18.4 Å². The molecule has 6 heteroatoms. The highest BCUT2D eigenvalue weighted by molar-refractivity contribution is 5.94. The minimum Gasteiger partial charge on any atom is -0.370 e. The van der Waals surface area contributed by atoms with Gasteiger partial charge in [0.2, 0.25) is 0 Å². The fourth-order valence-corrected chi connectivity index (χ4v) is 1.84. The van der Waals surface area contributed by atoms with Gasteiger partial charge in [-0.15, -0.1) is 0 Å². The molecule has 2 heterocycles. The van der Waals surface area contributed by atoms with Crippen molar-refractivity contribution in [1.82, 2.24) is 19.9 Å². The van der Waals surface area contributed by atoms with Crippen LogP contribution in [0, 0.1) is 0 Å². The Morgan fingerprint density at radius 3 is 2.80 bits per heavy atom. The Hall–Kier alpha value is -2.37. The van der Waals surface area contributed by atoms with Crippen molar-refractivity contribution < 1.29 is 4.79 Å². The number of hydrogen-bond donors (Lipinski definition) is 2. The minimum absolute atomic E-state index is 0.116. The fourth-order valence-electron chi connectivity index (χ4n) is 1.84. The van der Waals surface area contributed by atoms with Crippen LogP contribution in [0.25, 0.3) is 0 Å². The molecular formula is C14H19N5O. The molecule has 0 radical (unpaired) electrons. The number of nitrogens with zero attached hydrogens (tertiary/aromatic N) is 3. The molecular weight excluding hydrogens is 254 g/mol. The highest BCUT2D eigenvalue weighted by Crippen LogP contribution is 2.04. The predicted molar refractivity (Wildman–Crippen MR) is 77.6 cm³/mol. The number of anilines is 1. The van der Waals surface area contributed by atoms with E-state index in [0.717, 1.165) is 18.2 Å². The number of aryl methyl sites for hydroxylation is 1. The van der Waals surface area contributed by atoms with Crippen LogP contribution in [0.15, 0.2) is 30.7 Å². The number of nitrogens with one attached hydrogen (secondary N) is 2. The van der Waals surface area contributed by atoms with Crippen molar-refractivity contribution >= 4 is 11.7 Å². The second-order valence-electron chi connectivity index (χ2n) is 4.42. The van der Waals surface area contributed by atoms with E-state index in [0.29, 0.717) is 18.5 Å². The highest BCUT2D eigenvalue weighted by Gasteiger charge is 2.06. The van der Waals surface area contributed by atoms with Crippen LogP contribution in [0.1, 0.15) is 23.1 Å². The SMILES string of the molecule is CCNc1ccc(C(=O)NCCc2nccn2C)cn1. The summed E-state index contributed by atoms with van der Waals surface area (Å²) in [4.78, 5) is 20.3. The van der Waals surface area contributed by atoms with Crippen molar-refractivity contribution in [3.8, 4) is 0 Å². The number of hydrogen-bond acceptors (Lipinski definition) is 4. The van der Waals surface area contributed by atoms with Gasteiger partial charge in [-0.2, -0.15) is 0 Å². The van der Waals surface area contributed by atoms with Gasteiger partial charge in [-0.1, -0.05) is 0 Å². The first kappa shape index (κ1) is 14.0. The topological polar surface area (TPSA) is 71.8 Å². The molecule has 0 aromatic carbocycles. The number of amides is 1. The maximum Gasteiger partial charge on any atom is 0.252 e. The van der Waals surface area contributed by atoms with Crippen LogP contribution >= 0.6 is 0 Å². The molecule has 2 N–H and O–H groups in total. The monoisotopic (exact) mass is 273 g/mol. The van der Waals surface area contributed by atoms with Gasteiger partial charge in [0.25, 0.3) is 5.91 Å². The Balaban J connectivity index is 1.84. The molecule has 2 aromatic rings. The first-order valence-electron chi connectivity index (χ1n) is 6.65. The van der Waals surface area contributed by atoms with Gasteiger partial charge in [0, 0.05) is 45.1 Å². The van der Waals surface area contributed by atoms with Gasteiger partial charge >= 0.3 is 0 Å². The lowest BCUT2D eigenvalue weighted by Gasteiger charge is -2.06. The molecule has 1 amide bonds. The number of pyridine rings is 1. The van der Waals surface area contributed by atoms with Gasteiger partial charge in [0.15, 0.2) is 0 Å². The largest absolute Gasteiger partial charge is 0.370 e. The zero-order valence-corrected chi connectivity index (χ0v) is 11.8. The summed E-state index contributed by atoms with van der Waals surface area (Å²) < 4.78 is 1.94. The second-order valence-corrected chi connectivity index (χ2v) is 4.42. The number of imidazole rings is 1. The Bertz CT molecular complexity index is 561. The quantitative estimate of drug-likeness (QED) is 0.830. The zero-order chi connectivity index (χ0) is 14.4. The van der Waals surface area contributed by atoms with Crippen LogP contribution in [0.3, 0.4) is 0 Å². The molecule has 6 nitrogen and oxygen atoms in total. The van der Waals surface area contributed by atoms with Crippen molar-refractivity contribution in [3.63, 3.8) is 0 Å². The lowest BCUT2D eigenvalue weighted by Crippen LogP contribution is -2.26. The summed E-state index contributed by atoms with van der Waals surface area (Å²) in [6.45, 7) is 3.36. The van der Waals surface area contributed by atoms with Gasteiger partial charge in [0.1, 0.15) is 11.6 Å². The van der Waals surface area contributed by atoms with E-state index in [1.165, 1.54) is 0 Å². The smallest absolute Gasteiger partial charge is 0.252 e. The Morgan fingerprint density at radius 2 is 2.20 bits per heavy atom. The summed E-state index contributed by atoms with van der Waals surface area (Å²) in [7, 11) is 1.94. The van der Waals surface area contributed by atoms with E-state index in [9.17, 15) is 4.79 Å². The second kappa shape index (κ2) is 6.70. The highest BCUT2D eigenvalue weighted by atomic mass is 16.1. The standard InChI is InChI=1S/C14H19N5O/c1-3-15-12-5-4-11(10-18-12)14(20)17-7-6-13-16-8-9-19(13)2/h4-5,8-10H,3,6-7H2,1-2H3,(H,15,18)(H,17,20). The average Bonchev–Trinajstić information content (AvgIpc) is 2.85. The Kier molecular flexibility index (Phi) is 4.70. The third-order valence-electron chi connectivity index (χ3n) is 2.94. The van der Waals surface area contributed by atoms with E-state index in [1.807, 2.05) is 24.7 Å². The molecule has 0 aliphatic heterocycles. The molecule has 0 aliphatic carbocycles. The third-order valence-corrected chi connectivity index (χ3v) is 2.94. The van der Waals surface area contributed by atoms with Crippen LogP contribution in [-0.4, -0.2) is 33.5 Å². The lowest BCUT2D eigenvalue weighted by atomic mass is 10.2. The molecule has 0 bridgehead atoms. The first-order chi connectivity index (χ1) is 9.70. The average molecular weight is 273 g/mol. The molecule has 0 unspecified atom stereocenters. The van der Waals surface area contributed by atoms with E-state index in [2.05, 4.69) is 20.6 Å². The van der Waals surface area contributed by atoms with Crippen LogP contribution in [-0.2, 0) is 13.5 Å². The van der Waals surface area contributed by atoms with Crippen molar-refractivity contribution in [3.05, 3.63) is 42.1 Å². The number of carbonyl (C=O) groups excluding carboxylic acids is 1. The van der Waals surface area contributed by atoms with Gasteiger partial charge in [-0.25, -0.2) is 9.97 Å².